The lowest BCUT2D eigenvalue weighted by Crippen LogP contribution is -2.15. The van der Waals surface area contributed by atoms with Gasteiger partial charge in [-0.05, 0) is 48.8 Å². The van der Waals surface area contributed by atoms with Crippen molar-refractivity contribution in [2.24, 2.45) is 11.8 Å². The van der Waals surface area contributed by atoms with Crippen molar-refractivity contribution in [3.05, 3.63) is 42.4 Å². The lowest BCUT2D eigenvalue weighted by molar-refractivity contribution is 0.250. The van der Waals surface area contributed by atoms with Crippen LogP contribution >= 0.6 is 0 Å². The summed E-state index contributed by atoms with van der Waals surface area (Å²) in [5.74, 6) is 2.80. The predicted octanol–water partition coefficient (Wildman–Crippen LogP) is 8.81. The van der Waals surface area contributed by atoms with Crippen LogP contribution in [0.5, 0.6) is 5.75 Å². The molecular weight excluding hydrogens is 404 g/mol. The minimum atomic E-state index is 0.783. The van der Waals surface area contributed by atoms with Crippen LogP contribution in [-0.4, -0.2) is 16.6 Å². The summed E-state index contributed by atoms with van der Waals surface area (Å²) in [4.78, 5) is 9.08. The lowest BCUT2D eigenvalue weighted by Gasteiger charge is -2.28. The summed E-state index contributed by atoms with van der Waals surface area (Å²) >= 11 is 0. The molecule has 0 spiro atoms. The fourth-order valence-electron chi connectivity index (χ4n) is 5.30. The van der Waals surface area contributed by atoms with Crippen LogP contribution in [-0.2, 0) is 6.42 Å². The van der Waals surface area contributed by atoms with Gasteiger partial charge in [-0.25, -0.2) is 9.97 Å². The maximum absolute atomic E-state index is 6.23. The van der Waals surface area contributed by atoms with E-state index in [2.05, 4.69) is 43.1 Å². The molecule has 0 N–H and O–H groups in total. The van der Waals surface area contributed by atoms with Crippen LogP contribution in [0, 0.1) is 11.8 Å². The van der Waals surface area contributed by atoms with Gasteiger partial charge in [0.1, 0.15) is 12.1 Å². The van der Waals surface area contributed by atoms with E-state index in [1.165, 1.54) is 89.0 Å². The number of unbranched alkanes of at least 4 members (excludes halogenated alkanes) is 6. The van der Waals surface area contributed by atoms with Crippen LogP contribution in [0.15, 0.2) is 36.8 Å². The molecule has 1 saturated carbocycles. The molecule has 1 aliphatic carbocycles. The zero-order valence-corrected chi connectivity index (χ0v) is 21.2. The highest BCUT2D eigenvalue weighted by Crippen LogP contribution is 2.36. The molecule has 0 aliphatic heterocycles. The third-order valence-corrected chi connectivity index (χ3v) is 7.44. The van der Waals surface area contributed by atoms with Crippen LogP contribution in [0.25, 0.3) is 11.3 Å². The van der Waals surface area contributed by atoms with Crippen molar-refractivity contribution in [1.82, 2.24) is 9.97 Å². The fourth-order valence-corrected chi connectivity index (χ4v) is 5.30. The highest BCUT2D eigenvalue weighted by Gasteiger charge is 2.21. The largest absolute Gasteiger partial charge is 0.493 e. The first-order chi connectivity index (χ1) is 16.3. The predicted molar refractivity (Wildman–Crippen MR) is 140 cm³/mol. The first-order valence-electron chi connectivity index (χ1n) is 13.8. The lowest BCUT2D eigenvalue weighted by atomic mass is 9.78. The summed E-state index contributed by atoms with van der Waals surface area (Å²) in [6.45, 7) is 5.36. The van der Waals surface area contributed by atoms with Gasteiger partial charge in [0.25, 0.3) is 0 Å². The molecule has 1 heterocycles. The Kier molecular flexibility index (Phi) is 11.8. The summed E-state index contributed by atoms with van der Waals surface area (Å²) < 4.78 is 6.23. The molecule has 0 bridgehead atoms. The second-order valence-corrected chi connectivity index (χ2v) is 10.1. The van der Waals surface area contributed by atoms with Crippen LogP contribution in [0.1, 0.15) is 109 Å². The highest BCUT2D eigenvalue weighted by molar-refractivity contribution is 5.69. The molecule has 182 valence electrons. The molecule has 3 heteroatoms. The number of nitrogens with zero attached hydrogens (tertiary/aromatic N) is 2. The van der Waals surface area contributed by atoms with Crippen LogP contribution in [0.2, 0.25) is 0 Å². The van der Waals surface area contributed by atoms with Gasteiger partial charge in [-0.1, -0.05) is 103 Å². The number of hydrogen-bond donors (Lipinski definition) is 0. The number of hydrogen-bond acceptors (Lipinski definition) is 3. The number of benzene rings is 1. The Morgan fingerprint density at radius 3 is 2.30 bits per heavy atom. The van der Waals surface area contributed by atoms with E-state index in [0.29, 0.717) is 0 Å². The third-order valence-electron chi connectivity index (χ3n) is 7.44. The first-order valence-corrected chi connectivity index (χ1v) is 13.8. The van der Waals surface area contributed by atoms with Gasteiger partial charge in [-0.3, -0.25) is 0 Å². The summed E-state index contributed by atoms with van der Waals surface area (Å²) in [6, 6.07) is 8.41. The van der Waals surface area contributed by atoms with Crippen molar-refractivity contribution < 1.29 is 4.74 Å². The zero-order valence-electron chi connectivity index (χ0n) is 21.2. The monoisotopic (exact) mass is 450 g/mol. The van der Waals surface area contributed by atoms with E-state index in [-0.39, 0.29) is 0 Å². The standard InChI is InChI=1S/C30H46N2O/c1-3-5-7-8-9-12-22-33-29-15-11-10-14-28(29)30-27(23-31-24-32-30)21-20-26-18-16-25(17-19-26)13-6-4-2/h10-11,14-15,23-26H,3-9,12-13,16-22H2,1-2H3. The quantitative estimate of drug-likeness (QED) is 0.254. The topological polar surface area (TPSA) is 35.0 Å². The zero-order chi connectivity index (χ0) is 23.1. The van der Waals surface area contributed by atoms with E-state index in [1.54, 1.807) is 6.33 Å². The summed E-state index contributed by atoms with van der Waals surface area (Å²) in [7, 11) is 0. The van der Waals surface area contributed by atoms with Gasteiger partial charge in [0.05, 0.1) is 12.3 Å². The molecule has 1 aromatic carbocycles. The molecular formula is C30H46N2O. The number of ether oxygens (including phenoxy) is 1. The maximum atomic E-state index is 6.23. The van der Waals surface area contributed by atoms with E-state index in [0.717, 1.165) is 48.3 Å². The smallest absolute Gasteiger partial charge is 0.128 e. The van der Waals surface area contributed by atoms with Gasteiger partial charge >= 0.3 is 0 Å². The third kappa shape index (κ3) is 8.76. The van der Waals surface area contributed by atoms with Gasteiger partial charge in [-0.15, -0.1) is 0 Å². The number of aryl methyl sites for hydroxylation is 1. The molecule has 0 unspecified atom stereocenters. The maximum Gasteiger partial charge on any atom is 0.128 e. The Balaban J connectivity index is 1.53. The van der Waals surface area contributed by atoms with Gasteiger partial charge in [0.2, 0.25) is 0 Å². The molecule has 2 aromatic rings. The van der Waals surface area contributed by atoms with Gasteiger partial charge in [0.15, 0.2) is 0 Å². The second kappa shape index (κ2) is 15.1. The Hall–Kier alpha value is -1.90. The molecule has 1 aromatic heterocycles. The molecule has 3 rings (SSSR count). The summed E-state index contributed by atoms with van der Waals surface area (Å²) in [5, 5.41) is 0. The minimum absolute atomic E-state index is 0.783. The van der Waals surface area contributed by atoms with Crippen LogP contribution < -0.4 is 4.74 Å². The second-order valence-electron chi connectivity index (χ2n) is 10.1. The van der Waals surface area contributed by atoms with Crippen LogP contribution in [0.4, 0.5) is 0 Å². The Bertz CT molecular complexity index is 782. The fraction of sp³-hybridized carbons (Fsp3) is 0.667. The van der Waals surface area contributed by atoms with E-state index in [1.807, 2.05) is 6.20 Å². The van der Waals surface area contributed by atoms with E-state index in [4.69, 9.17) is 9.72 Å². The average molecular weight is 451 g/mol. The van der Waals surface area contributed by atoms with Crippen molar-refractivity contribution in [2.45, 2.75) is 110 Å². The Morgan fingerprint density at radius 1 is 0.818 bits per heavy atom. The van der Waals surface area contributed by atoms with E-state index >= 15 is 0 Å². The first kappa shape index (κ1) is 25.7. The van der Waals surface area contributed by atoms with Crippen LogP contribution in [0.3, 0.4) is 0 Å². The van der Waals surface area contributed by atoms with Gasteiger partial charge < -0.3 is 4.74 Å². The molecule has 3 nitrogen and oxygen atoms in total. The van der Waals surface area contributed by atoms with Crippen molar-refractivity contribution in [1.29, 1.82) is 0 Å². The molecule has 0 radical (unpaired) electrons. The molecule has 0 atom stereocenters. The summed E-state index contributed by atoms with van der Waals surface area (Å²) in [5.41, 5.74) is 3.44. The average Bonchev–Trinajstić information content (AvgIpc) is 2.87. The molecule has 33 heavy (non-hydrogen) atoms. The summed E-state index contributed by atoms with van der Waals surface area (Å²) in [6.07, 6.45) is 23.5. The van der Waals surface area contributed by atoms with Gasteiger partial charge in [-0.2, -0.15) is 0 Å². The number of para-hydroxylation sites is 1. The van der Waals surface area contributed by atoms with Crippen molar-refractivity contribution in [3.8, 4) is 17.0 Å². The molecule has 1 fully saturated rings. The Morgan fingerprint density at radius 2 is 1.52 bits per heavy atom. The number of rotatable bonds is 15. The van der Waals surface area contributed by atoms with E-state index in [9.17, 15) is 0 Å². The molecule has 1 aliphatic rings. The Labute approximate surface area is 202 Å². The SMILES string of the molecule is CCCCCCCCOc1ccccc1-c1ncncc1CCC1CCC(CCCC)CC1. The number of aromatic nitrogens is 2. The van der Waals surface area contributed by atoms with Crippen molar-refractivity contribution in [3.63, 3.8) is 0 Å². The van der Waals surface area contributed by atoms with Crippen molar-refractivity contribution in [2.75, 3.05) is 6.61 Å². The van der Waals surface area contributed by atoms with E-state index < -0.39 is 0 Å². The van der Waals surface area contributed by atoms with Gasteiger partial charge in [0, 0.05) is 11.8 Å². The van der Waals surface area contributed by atoms with Crippen molar-refractivity contribution >= 4 is 0 Å². The highest BCUT2D eigenvalue weighted by atomic mass is 16.5. The molecule has 0 saturated heterocycles. The normalized spacial score (nSPS) is 18.4. The minimum Gasteiger partial charge on any atom is -0.493 e. The molecule has 0 amide bonds.